The van der Waals surface area contributed by atoms with Gasteiger partial charge in [0.1, 0.15) is 5.82 Å². The lowest BCUT2D eigenvalue weighted by molar-refractivity contribution is 0.588. The number of halogens is 1. The van der Waals surface area contributed by atoms with Gasteiger partial charge in [-0.05, 0) is 31.7 Å². The zero-order chi connectivity index (χ0) is 11.7. The Morgan fingerprint density at radius 3 is 2.75 bits per heavy atom. The molecule has 0 N–H and O–H groups in total. The van der Waals surface area contributed by atoms with Crippen LogP contribution in [0, 0.1) is 5.82 Å². The van der Waals surface area contributed by atoms with Crippen molar-refractivity contribution in [2.45, 2.75) is 25.6 Å². The molecule has 0 aliphatic carbocycles. The topological polar surface area (TPSA) is 4.93 Å². The Morgan fingerprint density at radius 1 is 1.38 bits per heavy atom. The summed E-state index contributed by atoms with van der Waals surface area (Å²) in [5, 5.41) is 1.04. The van der Waals surface area contributed by atoms with E-state index in [1.165, 1.54) is 11.6 Å². The zero-order valence-electron chi connectivity index (χ0n) is 9.83. The molecule has 0 radical (unpaired) electrons. The summed E-state index contributed by atoms with van der Waals surface area (Å²) in [6, 6.07) is 5.61. The SMILES string of the molecule is CSCc1cn(C(C)C)c2c(F)cccc12. The van der Waals surface area contributed by atoms with Crippen LogP contribution in [0.5, 0.6) is 0 Å². The minimum absolute atomic E-state index is 0.126. The van der Waals surface area contributed by atoms with E-state index in [4.69, 9.17) is 0 Å². The molecule has 0 aliphatic heterocycles. The predicted octanol–water partition coefficient (Wildman–Crippen LogP) is 4.22. The molecule has 0 atom stereocenters. The van der Waals surface area contributed by atoms with E-state index >= 15 is 0 Å². The lowest BCUT2D eigenvalue weighted by Gasteiger charge is -2.09. The fraction of sp³-hybridized carbons (Fsp3) is 0.385. The first-order chi connectivity index (χ1) is 7.65. The molecular formula is C13H16FNS. The van der Waals surface area contributed by atoms with Crippen LogP contribution in [0.2, 0.25) is 0 Å². The molecule has 0 saturated carbocycles. The summed E-state index contributed by atoms with van der Waals surface area (Å²) in [5.74, 6) is 0.804. The number of aromatic nitrogens is 1. The van der Waals surface area contributed by atoms with Gasteiger partial charge in [-0.2, -0.15) is 11.8 Å². The largest absolute Gasteiger partial charge is 0.342 e. The number of hydrogen-bond acceptors (Lipinski definition) is 1. The molecule has 2 aromatic rings. The summed E-state index contributed by atoms with van der Waals surface area (Å²) >= 11 is 1.76. The van der Waals surface area contributed by atoms with Gasteiger partial charge in [-0.15, -0.1) is 0 Å². The average Bonchev–Trinajstić information content (AvgIpc) is 2.60. The van der Waals surface area contributed by atoms with Gasteiger partial charge >= 0.3 is 0 Å². The van der Waals surface area contributed by atoms with Crippen molar-refractivity contribution in [2.75, 3.05) is 6.26 Å². The predicted molar refractivity (Wildman–Crippen MR) is 69.5 cm³/mol. The third-order valence-electron chi connectivity index (χ3n) is 2.74. The van der Waals surface area contributed by atoms with Crippen LogP contribution in [-0.2, 0) is 5.75 Å². The van der Waals surface area contributed by atoms with E-state index in [0.29, 0.717) is 0 Å². The van der Waals surface area contributed by atoms with Crippen LogP contribution in [0.1, 0.15) is 25.5 Å². The van der Waals surface area contributed by atoms with Crippen molar-refractivity contribution in [3.05, 3.63) is 35.8 Å². The number of fused-ring (bicyclic) bond motifs is 1. The van der Waals surface area contributed by atoms with Crippen molar-refractivity contribution in [1.29, 1.82) is 0 Å². The van der Waals surface area contributed by atoms with E-state index in [9.17, 15) is 4.39 Å². The first kappa shape index (κ1) is 11.5. The molecule has 0 fully saturated rings. The molecule has 1 aromatic heterocycles. The standard InChI is InChI=1S/C13H16FNS/c1-9(2)15-7-10(8-16-3)11-5-4-6-12(14)13(11)15/h4-7,9H,8H2,1-3H3. The van der Waals surface area contributed by atoms with Crippen molar-refractivity contribution in [2.24, 2.45) is 0 Å². The van der Waals surface area contributed by atoms with E-state index in [1.54, 1.807) is 17.8 Å². The van der Waals surface area contributed by atoms with Crippen LogP contribution in [0.25, 0.3) is 10.9 Å². The number of benzene rings is 1. The van der Waals surface area contributed by atoms with E-state index in [0.717, 1.165) is 16.7 Å². The second kappa shape index (κ2) is 4.50. The number of hydrogen-bond donors (Lipinski definition) is 0. The number of thioether (sulfide) groups is 1. The summed E-state index contributed by atoms with van der Waals surface area (Å²) in [5.41, 5.74) is 1.96. The third kappa shape index (κ3) is 1.84. The smallest absolute Gasteiger partial charge is 0.147 e. The van der Waals surface area contributed by atoms with E-state index in [-0.39, 0.29) is 11.9 Å². The lowest BCUT2D eigenvalue weighted by Crippen LogP contribution is -1.99. The molecule has 0 aliphatic rings. The Morgan fingerprint density at radius 2 is 2.12 bits per heavy atom. The summed E-state index contributed by atoms with van der Waals surface area (Å²) < 4.78 is 15.9. The van der Waals surface area contributed by atoms with Gasteiger partial charge in [-0.3, -0.25) is 0 Å². The van der Waals surface area contributed by atoms with Crippen molar-refractivity contribution >= 4 is 22.7 Å². The summed E-state index contributed by atoms with van der Waals surface area (Å²) in [7, 11) is 0. The van der Waals surface area contributed by atoms with Crippen molar-refractivity contribution in [3.63, 3.8) is 0 Å². The Labute approximate surface area is 99.6 Å². The third-order valence-corrected chi connectivity index (χ3v) is 3.34. The van der Waals surface area contributed by atoms with Crippen molar-refractivity contribution in [3.8, 4) is 0 Å². The first-order valence-corrected chi connectivity index (χ1v) is 6.81. The molecule has 1 aromatic carbocycles. The molecule has 2 rings (SSSR count). The minimum Gasteiger partial charge on any atom is -0.342 e. The second-order valence-corrected chi connectivity index (χ2v) is 5.09. The van der Waals surface area contributed by atoms with Crippen LogP contribution in [0.3, 0.4) is 0 Å². The molecule has 86 valence electrons. The van der Waals surface area contributed by atoms with Crippen LogP contribution >= 0.6 is 11.8 Å². The maximum atomic E-state index is 13.8. The van der Waals surface area contributed by atoms with Gasteiger partial charge in [0.15, 0.2) is 0 Å². The molecule has 0 unspecified atom stereocenters. The number of rotatable bonds is 3. The van der Waals surface area contributed by atoms with E-state index in [2.05, 4.69) is 26.3 Å². The van der Waals surface area contributed by atoms with Crippen molar-refractivity contribution < 1.29 is 4.39 Å². The van der Waals surface area contributed by atoms with E-state index in [1.807, 2.05) is 10.6 Å². The quantitative estimate of drug-likeness (QED) is 0.773. The van der Waals surface area contributed by atoms with Crippen LogP contribution in [0.15, 0.2) is 24.4 Å². The fourth-order valence-electron chi connectivity index (χ4n) is 2.02. The second-order valence-electron chi connectivity index (χ2n) is 4.22. The van der Waals surface area contributed by atoms with Crippen molar-refractivity contribution in [1.82, 2.24) is 4.57 Å². The highest BCUT2D eigenvalue weighted by atomic mass is 32.2. The number of nitrogens with zero attached hydrogens (tertiary/aromatic N) is 1. The highest BCUT2D eigenvalue weighted by Crippen LogP contribution is 2.28. The zero-order valence-corrected chi connectivity index (χ0v) is 10.6. The first-order valence-electron chi connectivity index (χ1n) is 5.42. The molecule has 16 heavy (non-hydrogen) atoms. The molecular weight excluding hydrogens is 221 g/mol. The normalized spacial score (nSPS) is 11.6. The molecule has 1 heterocycles. The summed E-state index contributed by atoms with van der Waals surface area (Å²) in [4.78, 5) is 0. The number of para-hydroxylation sites is 1. The van der Waals surface area contributed by atoms with Gasteiger partial charge in [0, 0.05) is 23.4 Å². The molecule has 1 nitrogen and oxygen atoms in total. The summed E-state index contributed by atoms with van der Waals surface area (Å²) in [6.45, 7) is 4.16. The fourth-order valence-corrected chi connectivity index (χ4v) is 2.56. The lowest BCUT2D eigenvalue weighted by atomic mass is 10.2. The Balaban J connectivity index is 2.71. The maximum Gasteiger partial charge on any atom is 0.147 e. The van der Waals surface area contributed by atoms with Gasteiger partial charge < -0.3 is 4.57 Å². The minimum atomic E-state index is -0.126. The summed E-state index contributed by atoms with van der Waals surface area (Å²) in [6.07, 6.45) is 4.15. The van der Waals surface area contributed by atoms with Gasteiger partial charge in [0.05, 0.1) is 5.52 Å². The highest BCUT2D eigenvalue weighted by Gasteiger charge is 2.13. The monoisotopic (exact) mass is 237 g/mol. The average molecular weight is 237 g/mol. The molecule has 0 saturated heterocycles. The Bertz CT molecular complexity index is 502. The van der Waals surface area contributed by atoms with E-state index < -0.39 is 0 Å². The van der Waals surface area contributed by atoms with Crippen LogP contribution < -0.4 is 0 Å². The Kier molecular flexibility index (Phi) is 3.24. The molecule has 0 spiro atoms. The molecule has 0 amide bonds. The Hall–Kier alpha value is -0.960. The van der Waals surface area contributed by atoms with Gasteiger partial charge in [-0.25, -0.2) is 4.39 Å². The van der Waals surface area contributed by atoms with Gasteiger partial charge in [0.25, 0.3) is 0 Å². The maximum absolute atomic E-state index is 13.8. The molecule has 0 bridgehead atoms. The van der Waals surface area contributed by atoms with Gasteiger partial charge in [0.2, 0.25) is 0 Å². The van der Waals surface area contributed by atoms with Crippen LogP contribution in [0.4, 0.5) is 4.39 Å². The highest BCUT2D eigenvalue weighted by molar-refractivity contribution is 7.97. The molecule has 3 heteroatoms. The van der Waals surface area contributed by atoms with Crippen LogP contribution in [-0.4, -0.2) is 10.8 Å². The van der Waals surface area contributed by atoms with Gasteiger partial charge in [-0.1, -0.05) is 12.1 Å².